The van der Waals surface area contributed by atoms with Gasteiger partial charge in [-0.1, -0.05) is 6.92 Å². The van der Waals surface area contributed by atoms with Crippen molar-refractivity contribution in [3.8, 4) is 0 Å². The SMILES string of the molecule is CCC(O)CCc1cc(F)cc(C(F)(F)F)c1. The predicted molar refractivity (Wildman–Crippen MR) is 56.0 cm³/mol. The van der Waals surface area contributed by atoms with Gasteiger partial charge in [0.05, 0.1) is 11.7 Å². The second kappa shape index (κ2) is 5.49. The van der Waals surface area contributed by atoms with Gasteiger partial charge in [0.15, 0.2) is 0 Å². The smallest absolute Gasteiger partial charge is 0.393 e. The van der Waals surface area contributed by atoms with E-state index in [1.54, 1.807) is 6.92 Å². The van der Waals surface area contributed by atoms with Crippen molar-refractivity contribution in [3.05, 3.63) is 35.1 Å². The van der Waals surface area contributed by atoms with Crippen molar-refractivity contribution < 1.29 is 22.7 Å². The molecule has 0 aliphatic rings. The molecule has 0 aliphatic carbocycles. The van der Waals surface area contributed by atoms with Crippen molar-refractivity contribution in [1.82, 2.24) is 0 Å². The molecule has 1 N–H and O–H groups in total. The first kappa shape index (κ1) is 14.0. The summed E-state index contributed by atoms with van der Waals surface area (Å²) >= 11 is 0. The quantitative estimate of drug-likeness (QED) is 0.810. The average molecular weight is 250 g/mol. The molecule has 1 unspecified atom stereocenters. The summed E-state index contributed by atoms with van der Waals surface area (Å²) in [6, 6.07) is 2.46. The number of rotatable bonds is 4. The van der Waals surface area contributed by atoms with E-state index in [9.17, 15) is 22.7 Å². The van der Waals surface area contributed by atoms with E-state index in [0.29, 0.717) is 18.9 Å². The number of halogens is 4. The molecule has 0 fully saturated rings. The maximum atomic E-state index is 13.0. The Kier molecular flexibility index (Phi) is 4.51. The van der Waals surface area contributed by atoms with Crippen LogP contribution in [0.1, 0.15) is 30.9 Å². The van der Waals surface area contributed by atoms with Crippen LogP contribution in [0.4, 0.5) is 17.6 Å². The van der Waals surface area contributed by atoms with Gasteiger partial charge in [0, 0.05) is 0 Å². The molecule has 0 amide bonds. The van der Waals surface area contributed by atoms with Gasteiger partial charge < -0.3 is 5.11 Å². The lowest BCUT2D eigenvalue weighted by Gasteiger charge is -2.11. The van der Waals surface area contributed by atoms with Gasteiger partial charge in [-0.3, -0.25) is 0 Å². The molecule has 0 saturated heterocycles. The van der Waals surface area contributed by atoms with Crippen molar-refractivity contribution in [2.45, 2.75) is 38.5 Å². The molecule has 0 aromatic heterocycles. The highest BCUT2D eigenvalue weighted by Gasteiger charge is 2.31. The van der Waals surface area contributed by atoms with Gasteiger partial charge >= 0.3 is 6.18 Å². The molecule has 0 spiro atoms. The normalized spacial score (nSPS) is 13.8. The lowest BCUT2D eigenvalue weighted by atomic mass is 10.0. The molecule has 1 nitrogen and oxygen atoms in total. The van der Waals surface area contributed by atoms with Crippen LogP contribution < -0.4 is 0 Å². The number of aryl methyl sites for hydroxylation is 1. The Hall–Kier alpha value is -1.10. The van der Waals surface area contributed by atoms with Crippen LogP contribution >= 0.6 is 0 Å². The molecule has 0 saturated carbocycles. The molecule has 0 heterocycles. The molecule has 96 valence electrons. The zero-order valence-electron chi connectivity index (χ0n) is 9.39. The van der Waals surface area contributed by atoms with Gasteiger partial charge in [-0.15, -0.1) is 0 Å². The molecular formula is C12H14F4O. The van der Waals surface area contributed by atoms with E-state index in [-0.39, 0.29) is 12.0 Å². The van der Waals surface area contributed by atoms with Gasteiger partial charge in [-0.25, -0.2) is 4.39 Å². The number of hydrogen-bond donors (Lipinski definition) is 1. The van der Waals surface area contributed by atoms with Gasteiger partial charge in [0.25, 0.3) is 0 Å². The van der Waals surface area contributed by atoms with Crippen molar-refractivity contribution >= 4 is 0 Å². The first-order valence-corrected chi connectivity index (χ1v) is 5.37. The number of benzene rings is 1. The predicted octanol–water partition coefficient (Wildman–Crippen LogP) is 3.55. The molecule has 0 aliphatic heterocycles. The van der Waals surface area contributed by atoms with E-state index in [2.05, 4.69) is 0 Å². The summed E-state index contributed by atoms with van der Waals surface area (Å²) < 4.78 is 50.2. The summed E-state index contributed by atoms with van der Waals surface area (Å²) in [5.74, 6) is -0.902. The zero-order chi connectivity index (χ0) is 13.1. The van der Waals surface area contributed by atoms with Crippen molar-refractivity contribution in [3.63, 3.8) is 0 Å². The Bertz CT molecular complexity index is 373. The van der Waals surface area contributed by atoms with Gasteiger partial charge in [0.1, 0.15) is 5.82 Å². The van der Waals surface area contributed by atoms with Crippen molar-refractivity contribution in [2.75, 3.05) is 0 Å². The molecule has 5 heteroatoms. The minimum Gasteiger partial charge on any atom is -0.393 e. The van der Waals surface area contributed by atoms with E-state index >= 15 is 0 Å². The van der Waals surface area contributed by atoms with Gasteiger partial charge in [-0.05, 0) is 43.0 Å². The zero-order valence-corrected chi connectivity index (χ0v) is 9.39. The van der Waals surface area contributed by atoms with Crippen LogP contribution in [0.5, 0.6) is 0 Å². The van der Waals surface area contributed by atoms with E-state index in [1.165, 1.54) is 0 Å². The Morgan fingerprint density at radius 1 is 1.24 bits per heavy atom. The lowest BCUT2D eigenvalue weighted by molar-refractivity contribution is -0.137. The van der Waals surface area contributed by atoms with Crippen LogP contribution in [0.3, 0.4) is 0 Å². The van der Waals surface area contributed by atoms with Crippen LogP contribution in [-0.4, -0.2) is 11.2 Å². The van der Waals surface area contributed by atoms with E-state index < -0.39 is 23.7 Å². The second-order valence-corrected chi connectivity index (χ2v) is 3.95. The van der Waals surface area contributed by atoms with E-state index in [0.717, 1.165) is 12.1 Å². The average Bonchev–Trinajstić information content (AvgIpc) is 2.24. The summed E-state index contributed by atoms with van der Waals surface area (Å²) in [7, 11) is 0. The summed E-state index contributed by atoms with van der Waals surface area (Å²) in [6.07, 6.45) is -4.01. The Labute approximate surface area is 97.1 Å². The number of hydrogen-bond acceptors (Lipinski definition) is 1. The number of aliphatic hydroxyl groups is 1. The minimum atomic E-state index is -4.54. The molecule has 1 atom stereocenters. The highest BCUT2D eigenvalue weighted by Crippen LogP contribution is 2.30. The molecule has 1 aromatic carbocycles. The number of aliphatic hydroxyl groups excluding tert-OH is 1. The number of alkyl halides is 3. The highest BCUT2D eigenvalue weighted by molar-refractivity contribution is 5.27. The van der Waals surface area contributed by atoms with Crippen LogP contribution in [0, 0.1) is 5.82 Å². The maximum Gasteiger partial charge on any atom is 0.416 e. The molecule has 0 bridgehead atoms. The third-order valence-corrected chi connectivity index (χ3v) is 2.52. The fourth-order valence-corrected chi connectivity index (χ4v) is 1.50. The second-order valence-electron chi connectivity index (χ2n) is 3.95. The van der Waals surface area contributed by atoms with Crippen molar-refractivity contribution in [2.24, 2.45) is 0 Å². The largest absolute Gasteiger partial charge is 0.416 e. The van der Waals surface area contributed by atoms with Crippen molar-refractivity contribution in [1.29, 1.82) is 0 Å². The van der Waals surface area contributed by atoms with Gasteiger partial charge in [-0.2, -0.15) is 13.2 Å². The van der Waals surface area contributed by atoms with Crippen LogP contribution in [0.15, 0.2) is 18.2 Å². The maximum absolute atomic E-state index is 13.0. The Morgan fingerprint density at radius 2 is 1.88 bits per heavy atom. The first-order chi connectivity index (χ1) is 7.82. The highest BCUT2D eigenvalue weighted by atomic mass is 19.4. The Morgan fingerprint density at radius 3 is 2.41 bits per heavy atom. The summed E-state index contributed by atoms with van der Waals surface area (Å²) in [6.45, 7) is 1.78. The van der Waals surface area contributed by atoms with Crippen LogP contribution in [0.25, 0.3) is 0 Å². The molecule has 1 rings (SSSR count). The molecular weight excluding hydrogens is 236 g/mol. The summed E-state index contributed by atoms with van der Waals surface area (Å²) in [4.78, 5) is 0. The monoisotopic (exact) mass is 250 g/mol. The molecule has 1 aromatic rings. The van der Waals surface area contributed by atoms with Crippen LogP contribution in [-0.2, 0) is 12.6 Å². The third kappa shape index (κ3) is 4.34. The third-order valence-electron chi connectivity index (χ3n) is 2.52. The van der Waals surface area contributed by atoms with E-state index in [1.807, 2.05) is 0 Å². The Balaban J connectivity index is 2.83. The summed E-state index contributed by atoms with van der Waals surface area (Å²) in [5.41, 5.74) is -0.733. The fraction of sp³-hybridized carbons (Fsp3) is 0.500. The van der Waals surface area contributed by atoms with E-state index in [4.69, 9.17) is 0 Å². The lowest BCUT2D eigenvalue weighted by Crippen LogP contribution is -2.09. The standard InChI is InChI=1S/C12H14F4O/c1-2-11(17)4-3-8-5-9(12(14,15)16)7-10(13)6-8/h5-7,11,17H,2-4H2,1H3. The topological polar surface area (TPSA) is 20.2 Å². The molecule has 0 radical (unpaired) electrons. The fourth-order valence-electron chi connectivity index (χ4n) is 1.50. The minimum absolute atomic E-state index is 0.232. The van der Waals surface area contributed by atoms with Gasteiger partial charge in [0.2, 0.25) is 0 Å². The first-order valence-electron chi connectivity index (χ1n) is 5.37. The summed E-state index contributed by atoms with van der Waals surface area (Å²) in [5, 5.41) is 9.30. The molecule has 17 heavy (non-hydrogen) atoms. The van der Waals surface area contributed by atoms with Crippen LogP contribution in [0.2, 0.25) is 0 Å².